The molecule has 2 N–H and O–H groups in total. The van der Waals surface area contributed by atoms with E-state index in [0.29, 0.717) is 31.8 Å². The zero-order valence-electron chi connectivity index (χ0n) is 13.4. The van der Waals surface area contributed by atoms with Gasteiger partial charge in [-0.2, -0.15) is 0 Å². The lowest BCUT2D eigenvalue weighted by Crippen LogP contribution is -2.62. The van der Waals surface area contributed by atoms with Crippen molar-refractivity contribution in [2.24, 2.45) is 0 Å². The Labute approximate surface area is 135 Å². The molecule has 2 aliphatic rings. The Morgan fingerprint density at radius 2 is 2.22 bits per heavy atom. The number of piperazine rings is 1. The van der Waals surface area contributed by atoms with E-state index in [1.807, 2.05) is 0 Å². The molecule has 7 nitrogen and oxygen atoms in total. The van der Waals surface area contributed by atoms with Crippen molar-refractivity contribution in [1.29, 1.82) is 0 Å². The molecule has 23 heavy (non-hydrogen) atoms. The first-order valence-corrected chi connectivity index (χ1v) is 8.01. The maximum atomic E-state index is 12.7. The summed E-state index contributed by atoms with van der Waals surface area (Å²) in [5.74, 6) is 0.580. The highest BCUT2D eigenvalue weighted by molar-refractivity contribution is 5.91. The van der Waals surface area contributed by atoms with E-state index in [4.69, 9.17) is 9.52 Å². The lowest BCUT2D eigenvalue weighted by atomic mass is 9.86. The number of nitrogens with one attached hydrogen (secondary N) is 1. The average Bonchev–Trinajstić information content (AvgIpc) is 2.96. The van der Waals surface area contributed by atoms with Gasteiger partial charge in [0.1, 0.15) is 12.4 Å². The van der Waals surface area contributed by atoms with E-state index in [1.165, 1.54) is 0 Å². The summed E-state index contributed by atoms with van der Waals surface area (Å²) in [5, 5.41) is 12.0. The Morgan fingerprint density at radius 1 is 1.39 bits per heavy atom. The van der Waals surface area contributed by atoms with Gasteiger partial charge in [0.15, 0.2) is 5.76 Å². The van der Waals surface area contributed by atoms with Crippen molar-refractivity contribution in [3.63, 3.8) is 0 Å². The molecule has 3 rings (SSSR count). The van der Waals surface area contributed by atoms with Gasteiger partial charge in [0, 0.05) is 38.1 Å². The topological polar surface area (TPSA) is 86.0 Å². The highest BCUT2D eigenvalue weighted by atomic mass is 16.4. The first kappa shape index (κ1) is 16.0. The van der Waals surface area contributed by atoms with Crippen LogP contribution in [0.4, 0.5) is 0 Å². The van der Waals surface area contributed by atoms with Crippen LogP contribution in [0, 0.1) is 0 Å². The van der Waals surface area contributed by atoms with Crippen LogP contribution in [0.2, 0.25) is 0 Å². The first-order chi connectivity index (χ1) is 11.0. The monoisotopic (exact) mass is 321 g/mol. The van der Waals surface area contributed by atoms with Gasteiger partial charge in [0.25, 0.3) is 5.91 Å². The third-order valence-electron chi connectivity index (χ3n) is 5.05. The molecule has 1 aromatic heterocycles. The quantitative estimate of drug-likeness (QED) is 0.813. The van der Waals surface area contributed by atoms with E-state index < -0.39 is 0 Å². The van der Waals surface area contributed by atoms with Crippen molar-refractivity contribution in [2.75, 3.05) is 33.2 Å². The second kappa shape index (κ2) is 6.33. The normalized spacial score (nSPS) is 26.2. The number of carbonyl (C=O) groups excluding carboxylic acids is 2. The molecule has 1 spiro atoms. The van der Waals surface area contributed by atoms with Crippen LogP contribution in [0.5, 0.6) is 0 Å². The molecule has 0 bridgehead atoms. The average molecular weight is 321 g/mol. The Balaban J connectivity index is 1.76. The molecule has 2 saturated heterocycles. The van der Waals surface area contributed by atoms with Gasteiger partial charge < -0.3 is 19.7 Å². The second-order valence-electron chi connectivity index (χ2n) is 6.40. The van der Waals surface area contributed by atoms with Crippen molar-refractivity contribution >= 4 is 11.8 Å². The third kappa shape index (κ3) is 3.11. The van der Waals surface area contributed by atoms with Gasteiger partial charge in [0.2, 0.25) is 5.91 Å². The van der Waals surface area contributed by atoms with Gasteiger partial charge in [0.05, 0.1) is 0 Å². The number of hydrogen-bond donors (Lipinski definition) is 2. The molecule has 0 aliphatic carbocycles. The van der Waals surface area contributed by atoms with E-state index in [-0.39, 0.29) is 29.7 Å². The van der Waals surface area contributed by atoms with Crippen molar-refractivity contribution in [3.05, 3.63) is 23.7 Å². The molecule has 3 heterocycles. The zero-order valence-corrected chi connectivity index (χ0v) is 13.4. The molecule has 0 saturated carbocycles. The summed E-state index contributed by atoms with van der Waals surface area (Å²) in [4.78, 5) is 28.4. The van der Waals surface area contributed by atoms with E-state index in [9.17, 15) is 9.59 Å². The van der Waals surface area contributed by atoms with Gasteiger partial charge in [-0.25, -0.2) is 0 Å². The van der Waals surface area contributed by atoms with Gasteiger partial charge in [-0.05, 0) is 32.0 Å². The predicted molar refractivity (Wildman–Crippen MR) is 82.8 cm³/mol. The summed E-state index contributed by atoms with van der Waals surface area (Å²) in [5.41, 5.74) is -0.167. The molecule has 0 radical (unpaired) electrons. The lowest BCUT2D eigenvalue weighted by Gasteiger charge is -2.49. The highest BCUT2D eigenvalue weighted by Crippen LogP contribution is 2.31. The second-order valence-corrected chi connectivity index (χ2v) is 6.40. The minimum Gasteiger partial charge on any atom is -0.453 e. The Hall–Kier alpha value is -1.86. The molecule has 126 valence electrons. The zero-order chi connectivity index (χ0) is 16.4. The number of hydrogen-bond acceptors (Lipinski definition) is 5. The smallest absolute Gasteiger partial charge is 0.289 e. The summed E-state index contributed by atoms with van der Waals surface area (Å²) in [6, 6.07) is 3.23. The fourth-order valence-electron chi connectivity index (χ4n) is 3.50. The van der Waals surface area contributed by atoms with Gasteiger partial charge in [-0.1, -0.05) is 0 Å². The van der Waals surface area contributed by atoms with Crippen LogP contribution in [-0.2, 0) is 11.4 Å². The summed E-state index contributed by atoms with van der Waals surface area (Å²) < 4.78 is 5.37. The van der Waals surface area contributed by atoms with Crippen LogP contribution < -0.4 is 5.32 Å². The van der Waals surface area contributed by atoms with Gasteiger partial charge in [-0.15, -0.1) is 0 Å². The van der Waals surface area contributed by atoms with Crippen LogP contribution >= 0.6 is 0 Å². The first-order valence-electron chi connectivity index (χ1n) is 8.01. The van der Waals surface area contributed by atoms with Crippen LogP contribution in [0.3, 0.4) is 0 Å². The molecular weight excluding hydrogens is 298 g/mol. The summed E-state index contributed by atoms with van der Waals surface area (Å²) >= 11 is 0. The Bertz CT molecular complexity index is 600. The molecule has 2 fully saturated rings. The number of aliphatic hydroxyl groups is 1. The molecule has 1 atom stereocenters. The molecule has 1 aromatic rings. The van der Waals surface area contributed by atoms with Crippen LogP contribution in [0.25, 0.3) is 0 Å². The molecule has 7 heteroatoms. The van der Waals surface area contributed by atoms with Gasteiger partial charge >= 0.3 is 0 Å². The molecule has 2 aliphatic heterocycles. The largest absolute Gasteiger partial charge is 0.453 e. The summed E-state index contributed by atoms with van der Waals surface area (Å²) in [6.45, 7) is 2.42. The fourth-order valence-corrected chi connectivity index (χ4v) is 3.50. The Kier molecular flexibility index (Phi) is 4.41. The standard InChI is InChI=1S/C16H23N3O4/c1-18-8-9-19(15(22)13-3-2-12(10-20)23-13)11-16(18)5-4-14(21)17-7-6-16/h2-3,20H,4-11H2,1H3,(H,17,21)/t16-/m1/s1. The maximum absolute atomic E-state index is 12.7. The summed E-state index contributed by atoms with van der Waals surface area (Å²) in [7, 11) is 2.06. The van der Waals surface area contributed by atoms with Crippen molar-refractivity contribution in [1.82, 2.24) is 15.1 Å². The fraction of sp³-hybridized carbons (Fsp3) is 0.625. The molecule has 2 amide bonds. The minimum absolute atomic E-state index is 0.0809. The van der Waals surface area contributed by atoms with Gasteiger partial charge in [-0.3, -0.25) is 14.5 Å². The number of aliphatic hydroxyl groups excluding tert-OH is 1. The molecule has 0 aromatic carbocycles. The van der Waals surface area contributed by atoms with Crippen molar-refractivity contribution in [2.45, 2.75) is 31.4 Å². The SMILES string of the molecule is CN1CCN(C(=O)c2ccc(CO)o2)C[C@@]12CCNC(=O)CC2. The maximum Gasteiger partial charge on any atom is 0.289 e. The number of carbonyl (C=O) groups is 2. The number of amides is 2. The lowest BCUT2D eigenvalue weighted by molar-refractivity contribution is -0.121. The van der Waals surface area contributed by atoms with Crippen molar-refractivity contribution in [3.8, 4) is 0 Å². The van der Waals surface area contributed by atoms with Crippen LogP contribution in [0.1, 0.15) is 35.6 Å². The van der Waals surface area contributed by atoms with Crippen LogP contribution in [0.15, 0.2) is 16.5 Å². The predicted octanol–water partition coefficient (Wildman–Crippen LogP) is 0.198. The summed E-state index contributed by atoms with van der Waals surface area (Å²) in [6.07, 6.45) is 2.07. The minimum atomic E-state index is -0.215. The number of furan rings is 1. The number of likely N-dealkylation sites (N-methyl/N-ethyl adjacent to an activating group) is 1. The highest BCUT2D eigenvalue weighted by Gasteiger charge is 2.42. The Morgan fingerprint density at radius 3 is 2.96 bits per heavy atom. The molecular formula is C16H23N3O4. The number of nitrogens with zero attached hydrogens (tertiary/aromatic N) is 2. The molecule has 0 unspecified atom stereocenters. The van der Waals surface area contributed by atoms with E-state index in [1.54, 1.807) is 17.0 Å². The van der Waals surface area contributed by atoms with E-state index in [2.05, 4.69) is 17.3 Å². The van der Waals surface area contributed by atoms with Crippen molar-refractivity contribution < 1.29 is 19.1 Å². The van der Waals surface area contributed by atoms with E-state index in [0.717, 1.165) is 19.4 Å². The number of rotatable bonds is 2. The van der Waals surface area contributed by atoms with E-state index >= 15 is 0 Å². The van der Waals surface area contributed by atoms with Crippen LogP contribution in [-0.4, -0.2) is 65.5 Å². The third-order valence-corrected chi connectivity index (χ3v) is 5.05.